The van der Waals surface area contributed by atoms with Gasteiger partial charge in [-0.25, -0.2) is 8.42 Å². The summed E-state index contributed by atoms with van der Waals surface area (Å²) >= 11 is 0. The van der Waals surface area contributed by atoms with Crippen LogP contribution in [0.3, 0.4) is 0 Å². The molecule has 1 aromatic carbocycles. The zero-order valence-corrected chi connectivity index (χ0v) is 11.9. The van der Waals surface area contributed by atoms with Crippen LogP contribution >= 0.6 is 0 Å². The Hall–Kier alpha value is -1.40. The molecule has 0 aromatic heterocycles. The Morgan fingerprint density at radius 2 is 1.95 bits per heavy atom. The number of benzene rings is 1. The molecule has 1 aliphatic rings. The predicted molar refractivity (Wildman–Crippen MR) is 73.8 cm³/mol. The molecule has 1 heterocycles. The first-order chi connectivity index (χ1) is 8.81. The van der Waals surface area contributed by atoms with Crippen LogP contribution in [-0.2, 0) is 14.6 Å². The molecule has 1 amide bonds. The average molecular weight is 282 g/mol. The van der Waals surface area contributed by atoms with Crippen molar-refractivity contribution in [2.24, 2.45) is 5.41 Å². The van der Waals surface area contributed by atoms with E-state index in [4.69, 9.17) is 0 Å². The molecule has 0 spiro atoms. The summed E-state index contributed by atoms with van der Waals surface area (Å²) in [5.74, 6) is -0.0374. The monoisotopic (exact) mass is 282 g/mol. The van der Waals surface area contributed by atoms with E-state index in [0.29, 0.717) is 12.2 Å². The Morgan fingerprint density at radius 3 is 2.42 bits per heavy atom. The highest BCUT2D eigenvalue weighted by atomic mass is 32.2. The van der Waals surface area contributed by atoms with Crippen LogP contribution < -0.4 is 10.6 Å². The Morgan fingerprint density at radius 1 is 1.32 bits per heavy atom. The summed E-state index contributed by atoms with van der Waals surface area (Å²) in [5.41, 5.74) is 0.223. The van der Waals surface area contributed by atoms with Crippen LogP contribution in [0.2, 0.25) is 0 Å². The van der Waals surface area contributed by atoms with Crippen molar-refractivity contribution >= 4 is 21.4 Å². The second kappa shape index (κ2) is 4.94. The van der Waals surface area contributed by atoms with Gasteiger partial charge in [0.15, 0.2) is 9.84 Å². The van der Waals surface area contributed by atoms with Crippen molar-refractivity contribution in [2.45, 2.75) is 18.2 Å². The lowest BCUT2D eigenvalue weighted by molar-refractivity contribution is -0.123. The first-order valence-corrected chi connectivity index (χ1v) is 8.03. The second-order valence-electron chi connectivity index (χ2n) is 5.24. The van der Waals surface area contributed by atoms with Crippen molar-refractivity contribution in [3.63, 3.8) is 0 Å². The molecule has 2 rings (SSSR count). The average Bonchev–Trinajstić information content (AvgIpc) is 2.77. The minimum absolute atomic E-state index is 0.0374. The van der Waals surface area contributed by atoms with Gasteiger partial charge in [-0.15, -0.1) is 0 Å². The van der Waals surface area contributed by atoms with Crippen LogP contribution in [0, 0.1) is 5.41 Å². The van der Waals surface area contributed by atoms with Crippen molar-refractivity contribution in [3.8, 4) is 0 Å². The topological polar surface area (TPSA) is 75.3 Å². The van der Waals surface area contributed by atoms with Gasteiger partial charge in [-0.3, -0.25) is 4.79 Å². The van der Waals surface area contributed by atoms with Crippen LogP contribution in [0.15, 0.2) is 29.2 Å². The molecule has 1 unspecified atom stereocenters. The largest absolute Gasteiger partial charge is 0.326 e. The van der Waals surface area contributed by atoms with Gasteiger partial charge < -0.3 is 10.6 Å². The van der Waals surface area contributed by atoms with Crippen LogP contribution in [0.1, 0.15) is 13.3 Å². The van der Waals surface area contributed by atoms with E-state index in [0.717, 1.165) is 19.2 Å². The van der Waals surface area contributed by atoms with Crippen molar-refractivity contribution in [1.29, 1.82) is 0 Å². The van der Waals surface area contributed by atoms with Gasteiger partial charge in [-0.05, 0) is 44.2 Å². The van der Waals surface area contributed by atoms with Gasteiger partial charge in [0.2, 0.25) is 5.91 Å². The minimum atomic E-state index is -3.20. The molecule has 1 aliphatic heterocycles. The first-order valence-electron chi connectivity index (χ1n) is 6.14. The number of hydrogen-bond acceptors (Lipinski definition) is 4. The van der Waals surface area contributed by atoms with Crippen LogP contribution in [-0.4, -0.2) is 33.7 Å². The number of carbonyl (C=O) groups excluding carboxylic acids is 1. The Kier molecular flexibility index (Phi) is 3.64. The maximum Gasteiger partial charge on any atom is 0.231 e. The summed E-state index contributed by atoms with van der Waals surface area (Å²) < 4.78 is 22.7. The van der Waals surface area contributed by atoms with E-state index in [2.05, 4.69) is 10.6 Å². The summed E-state index contributed by atoms with van der Waals surface area (Å²) in [5, 5.41) is 6.00. The molecule has 5 nitrogen and oxygen atoms in total. The molecular formula is C13H18N2O3S. The summed E-state index contributed by atoms with van der Waals surface area (Å²) in [6.45, 7) is 3.43. The zero-order chi connectivity index (χ0) is 14.1. The molecule has 6 heteroatoms. The summed E-state index contributed by atoms with van der Waals surface area (Å²) in [6, 6.07) is 6.22. The molecule has 0 saturated carbocycles. The van der Waals surface area contributed by atoms with E-state index in [9.17, 15) is 13.2 Å². The van der Waals surface area contributed by atoms with Crippen LogP contribution in [0.5, 0.6) is 0 Å². The number of amides is 1. The molecule has 0 radical (unpaired) electrons. The molecule has 1 aromatic rings. The SMILES string of the molecule is CC1(C(=O)Nc2ccc(S(C)(=O)=O)cc2)CCNC1. The molecule has 0 bridgehead atoms. The van der Waals surface area contributed by atoms with E-state index in [1.165, 1.54) is 12.1 Å². The summed E-state index contributed by atoms with van der Waals surface area (Å²) in [7, 11) is -3.20. The van der Waals surface area contributed by atoms with E-state index in [1.54, 1.807) is 12.1 Å². The van der Waals surface area contributed by atoms with Crippen molar-refractivity contribution < 1.29 is 13.2 Å². The lowest BCUT2D eigenvalue weighted by atomic mass is 9.89. The van der Waals surface area contributed by atoms with Crippen molar-refractivity contribution in [1.82, 2.24) is 5.32 Å². The lowest BCUT2D eigenvalue weighted by Gasteiger charge is -2.21. The third-order valence-electron chi connectivity index (χ3n) is 3.46. The van der Waals surface area contributed by atoms with E-state index >= 15 is 0 Å². The van der Waals surface area contributed by atoms with Gasteiger partial charge in [0.1, 0.15) is 0 Å². The second-order valence-corrected chi connectivity index (χ2v) is 7.25. The fourth-order valence-corrected chi connectivity index (χ4v) is 2.71. The van der Waals surface area contributed by atoms with Gasteiger partial charge in [0.25, 0.3) is 0 Å². The molecule has 1 fully saturated rings. The Labute approximate surface area is 113 Å². The number of nitrogens with one attached hydrogen (secondary N) is 2. The maximum atomic E-state index is 12.1. The molecule has 2 N–H and O–H groups in total. The van der Waals surface area contributed by atoms with Gasteiger partial charge >= 0.3 is 0 Å². The lowest BCUT2D eigenvalue weighted by Crippen LogP contribution is -2.35. The van der Waals surface area contributed by atoms with Crippen molar-refractivity contribution in [3.05, 3.63) is 24.3 Å². The third-order valence-corrected chi connectivity index (χ3v) is 4.59. The Balaban J connectivity index is 2.10. The minimum Gasteiger partial charge on any atom is -0.326 e. The van der Waals surface area contributed by atoms with Crippen LogP contribution in [0.4, 0.5) is 5.69 Å². The molecule has 1 atom stereocenters. The Bertz CT molecular complexity index is 572. The highest BCUT2D eigenvalue weighted by Gasteiger charge is 2.36. The zero-order valence-electron chi connectivity index (χ0n) is 11.1. The van der Waals surface area contributed by atoms with E-state index < -0.39 is 15.3 Å². The predicted octanol–water partition coefficient (Wildman–Crippen LogP) is 1.03. The van der Waals surface area contributed by atoms with Crippen molar-refractivity contribution in [2.75, 3.05) is 24.7 Å². The molecule has 0 aliphatic carbocycles. The smallest absolute Gasteiger partial charge is 0.231 e. The summed E-state index contributed by atoms with van der Waals surface area (Å²) in [4.78, 5) is 12.4. The highest BCUT2D eigenvalue weighted by Crippen LogP contribution is 2.26. The standard InChI is InChI=1S/C13H18N2O3S/c1-13(7-8-14-9-13)12(16)15-10-3-5-11(6-4-10)19(2,17)18/h3-6,14H,7-9H2,1-2H3,(H,15,16). The maximum absolute atomic E-state index is 12.1. The van der Waals surface area contributed by atoms with Crippen LogP contribution in [0.25, 0.3) is 0 Å². The number of sulfone groups is 1. The van der Waals surface area contributed by atoms with E-state index in [1.807, 2.05) is 6.92 Å². The molecular weight excluding hydrogens is 264 g/mol. The van der Waals surface area contributed by atoms with Gasteiger partial charge in [0.05, 0.1) is 10.3 Å². The number of hydrogen-bond donors (Lipinski definition) is 2. The number of anilines is 1. The van der Waals surface area contributed by atoms with E-state index in [-0.39, 0.29) is 10.8 Å². The normalized spacial score (nSPS) is 23.3. The first kappa shape index (κ1) is 14.0. The van der Waals surface area contributed by atoms with Gasteiger partial charge in [-0.2, -0.15) is 0 Å². The quantitative estimate of drug-likeness (QED) is 0.868. The third kappa shape index (κ3) is 3.13. The highest BCUT2D eigenvalue weighted by molar-refractivity contribution is 7.90. The fourth-order valence-electron chi connectivity index (χ4n) is 2.08. The molecule has 1 saturated heterocycles. The molecule has 104 valence electrons. The number of rotatable bonds is 3. The summed E-state index contributed by atoms with van der Waals surface area (Å²) in [6.07, 6.45) is 1.96. The fraction of sp³-hybridized carbons (Fsp3) is 0.462. The number of carbonyl (C=O) groups is 1. The molecule has 19 heavy (non-hydrogen) atoms. The van der Waals surface area contributed by atoms with Gasteiger partial charge in [0, 0.05) is 18.5 Å². The van der Waals surface area contributed by atoms with Gasteiger partial charge in [-0.1, -0.05) is 0 Å².